The predicted octanol–water partition coefficient (Wildman–Crippen LogP) is 1.83. The maximum Gasteiger partial charge on any atom is 0.314 e. The van der Waals surface area contributed by atoms with Gasteiger partial charge in [0.15, 0.2) is 17.3 Å². The van der Waals surface area contributed by atoms with E-state index in [1.54, 1.807) is 0 Å². The molecule has 0 unspecified atom stereocenters. The number of nitrogens with zero attached hydrogens (tertiary/aromatic N) is 2. The van der Waals surface area contributed by atoms with Gasteiger partial charge in [0.25, 0.3) is 5.69 Å². The number of likely N-dealkylation sites (tertiary alicyclic amines) is 1. The van der Waals surface area contributed by atoms with Gasteiger partial charge in [-0.1, -0.05) is 0 Å². The number of halogens is 2. The summed E-state index contributed by atoms with van der Waals surface area (Å²) in [6, 6.07) is 0.792. The Kier molecular flexibility index (Phi) is 4.20. The van der Waals surface area contributed by atoms with E-state index in [-0.39, 0.29) is 6.04 Å². The molecule has 0 saturated carbocycles. The van der Waals surface area contributed by atoms with Crippen LogP contribution in [0, 0.1) is 21.7 Å². The molecule has 1 aromatic rings. The number of hydrogen-bond donors (Lipinski definition) is 2. The maximum absolute atomic E-state index is 13.8. The highest BCUT2D eigenvalue weighted by Gasteiger charge is 2.27. The summed E-state index contributed by atoms with van der Waals surface area (Å²) in [5, 5.41) is 13.5. The number of benzene rings is 1. The summed E-state index contributed by atoms with van der Waals surface area (Å²) < 4.78 is 27.0. The van der Waals surface area contributed by atoms with Gasteiger partial charge < -0.3 is 16.0 Å². The van der Waals surface area contributed by atoms with Crippen LogP contribution in [-0.4, -0.2) is 35.0 Å². The molecule has 0 spiro atoms. The molecule has 1 aliphatic rings. The number of anilines is 1. The molecule has 0 bridgehead atoms. The maximum atomic E-state index is 13.8. The Balaban J connectivity index is 2.15. The van der Waals surface area contributed by atoms with E-state index in [9.17, 15) is 23.7 Å². The Morgan fingerprint density at radius 3 is 2.52 bits per heavy atom. The quantitative estimate of drug-likeness (QED) is 0.656. The van der Waals surface area contributed by atoms with E-state index in [0.717, 1.165) is 6.07 Å². The van der Waals surface area contributed by atoms with Crippen LogP contribution < -0.4 is 11.1 Å². The summed E-state index contributed by atoms with van der Waals surface area (Å²) in [4.78, 5) is 22.5. The van der Waals surface area contributed by atoms with E-state index in [1.807, 2.05) is 0 Å². The summed E-state index contributed by atoms with van der Waals surface area (Å²) in [6.07, 6.45) is 0.881. The van der Waals surface area contributed by atoms with Crippen molar-refractivity contribution in [1.82, 2.24) is 4.90 Å². The Hall–Kier alpha value is -2.45. The molecule has 21 heavy (non-hydrogen) atoms. The zero-order valence-corrected chi connectivity index (χ0v) is 11.0. The van der Waals surface area contributed by atoms with Crippen molar-refractivity contribution in [1.29, 1.82) is 0 Å². The Labute approximate surface area is 118 Å². The fourth-order valence-corrected chi connectivity index (χ4v) is 2.28. The minimum atomic E-state index is -1.28. The number of carbonyl (C=O) groups is 1. The second kappa shape index (κ2) is 5.90. The molecule has 9 heteroatoms. The molecule has 7 nitrogen and oxygen atoms in total. The van der Waals surface area contributed by atoms with Gasteiger partial charge in [-0.25, -0.2) is 13.6 Å². The van der Waals surface area contributed by atoms with Crippen LogP contribution in [-0.2, 0) is 0 Å². The fraction of sp³-hybridized carbons (Fsp3) is 0.417. The summed E-state index contributed by atoms with van der Waals surface area (Å²) in [5.41, 5.74) is 4.16. The van der Waals surface area contributed by atoms with Gasteiger partial charge in [-0.3, -0.25) is 10.1 Å². The molecule has 1 aliphatic heterocycles. The van der Waals surface area contributed by atoms with Gasteiger partial charge in [-0.15, -0.1) is 0 Å². The largest absolute Gasteiger partial charge is 0.374 e. The van der Waals surface area contributed by atoms with Crippen LogP contribution in [0.25, 0.3) is 0 Å². The van der Waals surface area contributed by atoms with E-state index in [0.29, 0.717) is 32.0 Å². The number of carbonyl (C=O) groups excluding carboxylic acids is 1. The number of hydrogen-bond acceptors (Lipinski definition) is 4. The smallest absolute Gasteiger partial charge is 0.314 e. The normalized spacial score (nSPS) is 15.8. The molecular formula is C12H14F2N4O3. The zero-order chi connectivity index (χ0) is 15.6. The lowest BCUT2D eigenvalue weighted by Gasteiger charge is -2.31. The molecule has 3 N–H and O–H groups in total. The zero-order valence-electron chi connectivity index (χ0n) is 11.0. The number of nitrogens with two attached hydrogens (primary N) is 1. The van der Waals surface area contributed by atoms with Crippen LogP contribution in [0.5, 0.6) is 0 Å². The number of piperidine rings is 1. The average molecular weight is 300 g/mol. The highest BCUT2D eigenvalue weighted by Crippen LogP contribution is 2.31. The lowest BCUT2D eigenvalue weighted by Crippen LogP contribution is -2.44. The lowest BCUT2D eigenvalue weighted by molar-refractivity contribution is -0.384. The molecule has 1 fully saturated rings. The van der Waals surface area contributed by atoms with E-state index in [4.69, 9.17) is 5.73 Å². The van der Waals surface area contributed by atoms with Gasteiger partial charge in [0.05, 0.1) is 4.92 Å². The number of primary amides is 1. The standard InChI is InChI=1S/C12H14F2N4O3/c13-8-1-2-9(18(20)21)11(10(8)14)16-7-3-5-17(6-4-7)12(15)19/h1-2,7,16H,3-6H2,(H2,15,19). The number of urea groups is 1. The topological polar surface area (TPSA) is 102 Å². The molecule has 0 aromatic heterocycles. The van der Waals surface area contributed by atoms with Gasteiger partial charge in [-0.05, 0) is 18.9 Å². The van der Waals surface area contributed by atoms with Crippen molar-refractivity contribution < 1.29 is 18.5 Å². The van der Waals surface area contributed by atoms with Crippen molar-refractivity contribution in [3.63, 3.8) is 0 Å². The van der Waals surface area contributed by atoms with E-state index < -0.39 is 34.0 Å². The third-order valence-corrected chi connectivity index (χ3v) is 3.42. The van der Waals surface area contributed by atoms with Crippen molar-refractivity contribution in [2.24, 2.45) is 5.73 Å². The van der Waals surface area contributed by atoms with Crippen molar-refractivity contribution >= 4 is 17.4 Å². The third-order valence-electron chi connectivity index (χ3n) is 3.42. The first-order valence-electron chi connectivity index (χ1n) is 6.33. The first-order chi connectivity index (χ1) is 9.90. The molecular weight excluding hydrogens is 286 g/mol. The van der Waals surface area contributed by atoms with Crippen LogP contribution >= 0.6 is 0 Å². The van der Waals surface area contributed by atoms with Crippen LogP contribution in [0.4, 0.5) is 25.0 Å². The molecule has 0 radical (unpaired) electrons. The van der Waals surface area contributed by atoms with Crippen LogP contribution in [0.2, 0.25) is 0 Å². The van der Waals surface area contributed by atoms with Gasteiger partial charge in [0.2, 0.25) is 0 Å². The van der Waals surface area contributed by atoms with Crippen molar-refractivity contribution in [3.05, 3.63) is 33.9 Å². The van der Waals surface area contributed by atoms with Crippen LogP contribution in [0.15, 0.2) is 12.1 Å². The van der Waals surface area contributed by atoms with Crippen LogP contribution in [0.1, 0.15) is 12.8 Å². The summed E-state index contributed by atoms with van der Waals surface area (Å²) in [6.45, 7) is 0.718. The molecule has 2 rings (SSSR count). The summed E-state index contributed by atoms with van der Waals surface area (Å²) in [5.74, 6) is -2.43. The minimum absolute atomic E-state index is 0.296. The van der Waals surface area contributed by atoms with Gasteiger partial charge >= 0.3 is 6.03 Å². The van der Waals surface area contributed by atoms with E-state index >= 15 is 0 Å². The SMILES string of the molecule is NC(=O)N1CCC(Nc2c([N+](=O)[O-])ccc(F)c2F)CC1. The fourth-order valence-electron chi connectivity index (χ4n) is 2.28. The van der Waals surface area contributed by atoms with Crippen molar-refractivity contribution in [3.8, 4) is 0 Å². The first kappa shape index (κ1) is 14.9. The average Bonchev–Trinajstić information content (AvgIpc) is 2.44. The lowest BCUT2D eigenvalue weighted by atomic mass is 10.0. The molecule has 1 saturated heterocycles. The van der Waals surface area contributed by atoms with E-state index in [1.165, 1.54) is 4.90 Å². The third kappa shape index (κ3) is 3.18. The monoisotopic (exact) mass is 300 g/mol. The molecule has 114 valence electrons. The Morgan fingerprint density at radius 2 is 2.00 bits per heavy atom. The number of amides is 2. The van der Waals surface area contributed by atoms with Crippen molar-refractivity contribution in [2.45, 2.75) is 18.9 Å². The number of rotatable bonds is 3. The summed E-state index contributed by atoms with van der Waals surface area (Å²) in [7, 11) is 0. The Morgan fingerprint density at radius 1 is 1.38 bits per heavy atom. The highest BCUT2D eigenvalue weighted by molar-refractivity contribution is 5.72. The van der Waals surface area contributed by atoms with E-state index in [2.05, 4.69) is 5.32 Å². The predicted molar refractivity (Wildman–Crippen MR) is 70.8 cm³/mol. The van der Waals surface area contributed by atoms with Crippen LogP contribution in [0.3, 0.4) is 0 Å². The van der Waals surface area contributed by atoms with Crippen molar-refractivity contribution in [2.75, 3.05) is 18.4 Å². The van der Waals surface area contributed by atoms with Gasteiger partial charge in [0, 0.05) is 25.2 Å². The number of nitrogens with one attached hydrogen (secondary N) is 1. The first-order valence-corrected chi connectivity index (χ1v) is 6.33. The molecule has 2 amide bonds. The Bertz CT molecular complexity index is 574. The second-order valence-corrected chi connectivity index (χ2v) is 4.76. The molecule has 1 heterocycles. The minimum Gasteiger partial charge on any atom is -0.374 e. The molecule has 0 aliphatic carbocycles. The summed E-state index contributed by atoms with van der Waals surface area (Å²) >= 11 is 0. The molecule has 0 atom stereocenters. The highest BCUT2D eigenvalue weighted by atomic mass is 19.2. The number of nitro groups is 1. The van der Waals surface area contributed by atoms with Gasteiger partial charge in [-0.2, -0.15) is 0 Å². The molecule has 1 aromatic carbocycles. The number of nitro benzene ring substituents is 1. The van der Waals surface area contributed by atoms with Gasteiger partial charge in [0.1, 0.15) is 0 Å². The second-order valence-electron chi connectivity index (χ2n) is 4.76.